The summed E-state index contributed by atoms with van der Waals surface area (Å²) in [4.78, 5) is 26.5. The molecule has 0 aliphatic carbocycles. The van der Waals surface area contributed by atoms with Crippen LogP contribution >= 0.6 is 0 Å². The Morgan fingerprint density at radius 3 is 2.27 bits per heavy atom. The number of rotatable bonds is 7. The normalized spacial score (nSPS) is 17.9. The van der Waals surface area contributed by atoms with E-state index in [1.807, 2.05) is 0 Å². The van der Waals surface area contributed by atoms with Crippen LogP contribution in [0.1, 0.15) is 46.7 Å². The van der Waals surface area contributed by atoms with Crippen molar-refractivity contribution in [3.8, 4) is 0 Å². The van der Waals surface area contributed by atoms with Crippen molar-refractivity contribution < 1.29 is 50.2 Å². The van der Waals surface area contributed by atoms with Crippen molar-refractivity contribution in [3.63, 3.8) is 0 Å². The monoisotopic (exact) mass is 579 g/mol. The summed E-state index contributed by atoms with van der Waals surface area (Å²) in [5.41, 5.74) is -2.00. The molecule has 0 radical (unpaired) electrons. The number of aryl methyl sites for hydroxylation is 1. The Morgan fingerprint density at radius 1 is 1.05 bits per heavy atom. The van der Waals surface area contributed by atoms with E-state index in [9.17, 15) is 40.3 Å². The van der Waals surface area contributed by atoms with Gasteiger partial charge >= 0.3 is 24.5 Å². The number of amides is 3. The third kappa shape index (κ3) is 8.23. The maximum Gasteiger partial charge on any atom is 0.416 e. The lowest BCUT2D eigenvalue weighted by Crippen LogP contribution is -2.51. The first-order chi connectivity index (χ1) is 18.7. The number of carbonyl (C=O) groups excluding carboxylic acids is 2. The lowest BCUT2D eigenvalue weighted by atomic mass is 9.89. The van der Waals surface area contributed by atoms with Gasteiger partial charge in [0.15, 0.2) is 0 Å². The Kier molecular flexibility index (Phi) is 9.87. The largest absolute Gasteiger partial charge is 0.447 e. The molecule has 2 aromatic rings. The van der Waals surface area contributed by atoms with Gasteiger partial charge in [-0.3, -0.25) is 0 Å². The minimum atomic E-state index is -4.98. The lowest BCUT2D eigenvalue weighted by Gasteiger charge is -2.40. The summed E-state index contributed by atoms with van der Waals surface area (Å²) in [7, 11) is 0. The van der Waals surface area contributed by atoms with Crippen LogP contribution in [0.2, 0.25) is 0 Å². The number of alkyl halides is 6. The molecule has 3 rings (SSSR count). The number of nitrogens with zero attached hydrogens (tertiary/aromatic N) is 1. The third-order valence-corrected chi connectivity index (χ3v) is 6.44. The zero-order valence-corrected chi connectivity index (χ0v) is 21.3. The molecule has 1 aliphatic heterocycles. The van der Waals surface area contributed by atoms with E-state index in [1.54, 1.807) is 6.92 Å². The Labute approximate surface area is 225 Å². The maximum atomic E-state index is 13.7. The number of aliphatic hydroxyl groups is 1. The number of nitrogens with one attached hydrogen (secondary N) is 2. The van der Waals surface area contributed by atoms with E-state index in [1.165, 1.54) is 23.1 Å². The van der Waals surface area contributed by atoms with Crippen molar-refractivity contribution in [2.24, 2.45) is 0 Å². The Hall–Kier alpha value is -3.55. The van der Waals surface area contributed by atoms with Gasteiger partial charge in [-0.2, -0.15) is 26.3 Å². The Morgan fingerprint density at radius 2 is 1.70 bits per heavy atom. The first kappa shape index (κ1) is 31.0. The molecule has 0 saturated carbocycles. The Balaban J connectivity index is 1.74. The van der Waals surface area contributed by atoms with Crippen molar-refractivity contribution in [3.05, 3.63) is 70.0 Å². The number of hydrogen-bond donors (Lipinski definition) is 3. The van der Waals surface area contributed by atoms with E-state index in [0.717, 1.165) is 0 Å². The number of halogens is 7. The quantitative estimate of drug-likeness (QED) is 0.386. The van der Waals surface area contributed by atoms with Crippen molar-refractivity contribution in [1.29, 1.82) is 0 Å². The molecule has 1 fully saturated rings. The molecule has 0 bridgehead atoms. The SMILES string of the molecule is Cc1cc(F)ccc1[C@H]1C[C@H](NC(=O)OCCO)CCN1C(=O)NCCc1cc(C(F)(F)F)cc(C(F)(F)F)c1. The van der Waals surface area contributed by atoms with Crippen LogP contribution in [0.15, 0.2) is 36.4 Å². The number of carbonyl (C=O) groups is 2. The summed E-state index contributed by atoms with van der Waals surface area (Å²) < 4.78 is 97.5. The van der Waals surface area contributed by atoms with Gasteiger partial charge < -0.3 is 25.4 Å². The van der Waals surface area contributed by atoms with E-state index in [-0.39, 0.29) is 50.8 Å². The first-order valence-corrected chi connectivity index (χ1v) is 12.3. The van der Waals surface area contributed by atoms with Gasteiger partial charge in [-0.15, -0.1) is 0 Å². The fourth-order valence-corrected chi connectivity index (χ4v) is 4.57. The molecule has 220 valence electrons. The maximum absolute atomic E-state index is 13.7. The minimum Gasteiger partial charge on any atom is -0.447 e. The number of ether oxygens (including phenoxy) is 1. The molecule has 0 unspecified atom stereocenters. The van der Waals surface area contributed by atoms with E-state index in [2.05, 4.69) is 10.6 Å². The van der Waals surface area contributed by atoms with E-state index >= 15 is 0 Å². The zero-order valence-electron chi connectivity index (χ0n) is 21.3. The molecule has 0 aromatic heterocycles. The molecule has 1 saturated heterocycles. The van der Waals surface area contributed by atoms with Crippen molar-refractivity contribution in [1.82, 2.24) is 15.5 Å². The van der Waals surface area contributed by atoms with Gasteiger partial charge in [0.05, 0.1) is 23.8 Å². The van der Waals surface area contributed by atoms with Gasteiger partial charge in [-0.1, -0.05) is 6.07 Å². The highest BCUT2D eigenvalue weighted by molar-refractivity contribution is 5.75. The van der Waals surface area contributed by atoms with E-state index in [4.69, 9.17) is 9.84 Å². The van der Waals surface area contributed by atoms with Gasteiger partial charge in [-0.25, -0.2) is 14.0 Å². The van der Waals surface area contributed by atoms with Gasteiger partial charge in [0.1, 0.15) is 12.4 Å². The topological polar surface area (TPSA) is 90.9 Å². The molecule has 2 atom stereocenters. The second-order valence-corrected chi connectivity index (χ2v) is 9.33. The van der Waals surface area contributed by atoms with Crippen LogP contribution in [-0.4, -0.2) is 54.5 Å². The average Bonchev–Trinajstić information content (AvgIpc) is 2.86. The number of piperidine rings is 1. The third-order valence-electron chi connectivity index (χ3n) is 6.44. The summed E-state index contributed by atoms with van der Waals surface area (Å²) >= 11 is 0. The van der Waals surface area contributed by atoms with Crippen LogP contribution in [0, 0.1) is 12.7 Å². The second-order valence-electron chi connectivity index (χ2n) is 9.33. The number of urea groups is 1. The Bertz CT molecular complexity index is 1170. The fourth-order valence-electron chi connectivity index (χ4n) is 4.57. The van der Waals surface area contributed by atoms with Crippen molar-refractivity contribution >= 4 is 12.1 Å². The van der Waals surface area contributed by atoms with Crippen LogP contribution in [0.25, 0.3) is 0 Å². The summed E-state index contributed by atoms with van der Waals surface area (Å²) in [5.74, 6) is -0.491. The number of benzene rings is 2. The average molecular weight is 580 g/mol. The van der Waals surface area contributed by atoms with Crippen LogP contribution in [0.3, 0.4) is 0 Å². The first-order valence-electron chi connectivity index (χ1n) is 12.3. The molecule has 1 aliphatic rings. The molecule has 1 heterocycles. The zero-order chi connectivity index (χ0) is 29.7. The lowest BCUT2D eigenvalue weighted by molar-refractivity contribution is -0.143. The highest BCUT2D eigenvalue weighted by atomic mass is 19.4. The molecule has 40 heavy (non-hydrogen) atoms. The van der Waals surface area contributed by atoms with Crippen LogP contribution in [0.5, 0.6) is 0 Å². The summed E-state index contributed by atoms with van der Waals surface area (Å²) in [6, 6.07) is 3.56. The number of likely N-dealkylation sites (tertiary alicyclic amines) is 1. The minimum absolute atomic E-state index is 0.0372. The molecular weight excluding hydrogens is 551 g/mol. The van der Waals surface area contributed by atoms with E-state index < -0.39 is 53.5 Å². The molecule has 3 N–H and O–H groups in total. The number of aliphatic hydroxyl groups excluding tert-OH is 1. The highest BCUT2D eigenvalue weighted by Gasteiger charge is 2.37. The number of hydrogen-bond acceptors (Lipinski definition) is 4. The molecule has 14 heteroatoms. The molecule has 2 aromatic carbocycles. The molecule has 3 amide bonds. The smallest absolute Gasteiger partial charge is 0.416 e. The summed E-state index contributed by atoms with van der Waals surface area (Å²) in [5, 5.41) is 14.0. The van der Waals surface area contributed by atoms with Crippen LogP contribution in [-0.2, 0) is 23.5 Å². The number of alkyl carbamates (subject to hydrolysis) is 1. The van der Waals surface area contributed by atoms with E-state index in [0.29, 0.717) is 29.7 Å². The predicted molar refractivity (Wildman–Crippen MR) is 129 cm³/mol. The van der Waals surface area contributed by atoms with Crippen molar-refractivity contribution in [2.75, 3.05) is 26.3 Å². The predicted octanol–water partition coefficient (Wildman–Crippen LogP) is 5.35. The second kappa shape index (κ2) is 12.7. The van der Waals surface area contributed by atoms with Gasteiger partial charge in [0.25, 0.3) is 0 Å². The van der Waals surface area contributed by atoms with Crippen LogP contribution < -0.4 is 10.6 Å². The standard InChI is InChI=1S/C26H28F7N3O4/c1-15-10-19(27)2-3-21(15)22-14-20(35-24(39)40-9-8-37)5-7-36(22)23(38)34-6-4-16-11-17(25(28,29)30)13-18(12-16)26(31,32)33/h2-3,10-13,20,22,37H,4-9,14H2,1H3,(H,34,38)(H,35,39)/t20-,22-/m1/s1. The van der Waals surface area contributed by atoms with Crippen LogP contribution in [0.4, 0.5) is 40.3 Å². The molecule has 0 spiro atoms. The van der Waals surface area contributed by atoms with Gasteiger partial charge in [0, 0.05) is 19.1 Å². The van der Waals surface area contributed by atoms with Gasteiger partial charge in [0.2, 0.25) is 0 Å². The van der Waals surface area contributed by atoms with Crippen molar-refractivity contribution in [2.45, 2.75) is 50.6 Å². The highest BCUT2D eigenvalue weighted by Crippen LogP contribution is 2.37. The van der Waals surface area contributed by atoms with Gasteiger partial charge in [-0.05, 0) is 73.2 Å². The molecule has 7 nitrogen and oxygen atoms in total. The summed E-state index contributed by atoms with van der Waals surface area (Å²) in [6.45, 7) is 0.955. The fraction of sp³-hybridized carbons (Fsp3) is 0.462. The summed E-state index contributed by atoms with van der Waals surface area (Å²) in [6.07, 6.45) is -10.5. The molecular formula is C26H28F7N3O4.